The fraction of sp³-hybridized carbons (Fsp3) is 0.769. The average Bonchev–Trinajstić information content (AvgIpc) is 3.81. The van der Waals surface area contributed by atoms with Crippen LogP contribution < -0.4 is 0 Å². The predicted molar refractivity (Wildman–Crippen MR) is 167 cm³/mol. The lowest BCUT2D eigenvalue weighted by Crippen LogP contribution is -2.33. The molecule has 0 amide bonds. The molecule has 1 atom stereocenters. The second-order valence-corrected chi connectivity index (χ2v) is 21.1. The Kier molecular flexibility index (Phi) is 8.11. The van der Waals surface area contributed by atoms with Gasteiger partial charge in [-0.3, -0.25) is 10.1 Å². The first-order valence-electron chi connectivity index (χ1n) is 15.6. The second kappa shape index (κ2) is 11.5. The Bertz CT molecular complexity index is 1240. The van der Waals surface area contributed by atoms with E-state index in [1.807, 2.05) is 12.1 Å². The molecular formula is C26H45N10O2P3. The zero-order valence-electron chi connectivity index (χ0n) is 24.4. The highest BCUT2D eigenvalue weighted by atomic mass is 31.3. The minimum absolute atomic E-state index is 0.142. The normalized spacial score (nSPS) is 31.5. The van der Waals surface area contributed by atoms with E-state index >= 15 is 0 Å². The minimum atomic E-state index is -2.47. The maximum atomic E-state index is 11.3. The highest BCUT2D eigenvalue weighted by Crippen LogP contribution is 2.84. The third-order valence-electron chi connectivity index (χ3n) is 9.60. The van der Waals surface area contributed by atoms with Crippen molar-refractivity contribution in [3.05, 3.63) is 39.9 Å². The first-order valence-corrected chi connectivity index (χ1v) is 20.4. The summed E-state index contributed by atoms with van der Waals surface area (Å²) in [5.74, 6) is 0. The Labute approximate surface area is 244 Å². The number of rotatable bonds is 7. The third-order valence-corrected chi connectivity index (χ3v) is 22.2. The Morgan fingerprint density at radius 1 is 0.634 bits per heavy atom. The van der Waals surface area contributed by atoms with E-state index in [0.717, 1.165) is 71.0 Å². The van der Waals surface area contributed by atoms with Crippen LogP contribution in [0.5, 0.6) is 0 Å². The van der Waals surface area contributed by atoms with Gasteiger partial charge in [-0.25, -0.2) is 28.0 Å². The Balaban J connectivity index is 1.45. The summed E-state index contributed by atoms with van der Waals surface area (Å²) in [6, 6.07) is 7.13. The fourth-order valence-corrected chi connectivity index (χ4v) is 23.7. The number of nitro benzene ring substituents is 1. The van der Waals surface area contributed by atoms with Gasteiger partial charge in [0.15, 0.2) is 0 Å². The molecule has 6 aliphatic heterocycles. The molecule has 1 aromatic carbocycles. The van der Waals surface area contributed by atoms with E-state index in [-0.39, 0.29) is 10.6 Å². The van der Waals surface area contributed by atoms with Crippen LogP contribution in [0.2, 0.25) is 0 Å². The maximum Gasteiger partial charge on any atom is 0.269 e. The molecular weight excluding hydrogens is 577 g/mol. The smallest absolute Gasteiger partial charge is 0.258 e. The highest BCUT2D eigenvalue weighted by Gasteiger charge is 2.53. The molecule has 7 rings (SSSR count). The van der Waals surface area contributed by atoms with Gasteiger partial charge in [-0.1, -0.05) is 12.1 Å². The zero-order valence-corrected chi connectivity index (χ0v) is 27.1. The molecule has 41 heavy (non-hydrogen) atoms. The topological polar surface area (TPSA) is 99.7 Å². The number of non-ortho nitro benzene ring substituents is 1. The van der Waals surface area contributed by atoms with E-state index in [1.165, 1.54) is 51.4 Å². The molecule has 6 heterocycles. The largest absolute Gasteiger partial charge is 0.269 e. The van der Waals surface area contributed by atoms with Crippen LogP contribution in [0.4, 0.5) is 5.69 Å². The number of benzene rings is 1. The molecule has 1 unspecified atom stereocenters. The standard InChI is InChI=1S/C26H45N10O2P3/c1-30-22-23-35(24-25-10-12-26(13-11-25)36(37)38)39(30)27-40(31-14-2-3-15-31,32-16-4-5-17-32)29-41(28-39,33-18-6-7-19-33)34-20-8-9-21-34/h10-13H,2-9,14-24H2,1H3. The van der Waals surface area contributed by atoms with Gasteiger partial charge >= 0.3 is 0 Å². The second-order valence-electron chi connectivity index (χ2n) is 12.2. The fourth-order valence-electron chi connectivity index (χ4n) is 7.32. The van der Waals surface area contributed by atoms with Gasteiger partial charge in [-0.2, -0.15) is 13.5 Å². The Hall–Kier alpha value is -0.930. The van der Waals surface area contributed by atoms with Crippen molar-refractivity contribution in [2.75, 3.05) is 72.5 Å². The number of hydrogen-bond acceptors (Lipinski definition) is 11. The summed E-state index contributed by atoms with van der Waals surface area (Å²) < 4.78 is 34.4. The maximum absolute atomic E-state index is 11.3. The molecule has 6 aliphatic rings. The lowest BCUT2D eigenvalue weighted by Gasteiger charge is -2.49. The van der Waals surface area contributed by atoms with Crippen LogP contribution in [0.15, 0.2) is 37.8 Å². The van der Waals surface area contributed by atoms with Crippen molar-refractivity contribution in [3.8, 4) is 0 Å². The first kappa shape index (κ1) is 28.8. The molecule has 15 heteroatoms. The summed E-state index contributed by atoms with van der Waals surface area (Å²) in [6.45, 7) is 11.3. The van der Waals surface area contributed by atoms with Crippen molar-refractivity contribution in [1.82, 2.24) is 28.0 Å². The molecule has 0 N–H and O–H groups in total. The van der Waals surface area contributed by atoms with Crippen LogP contribution >= 0.6 is 22.5 Å². The number of nitrogens with zero attached hydrogens (tertiary/aromatic N) is 10. The third kappa shape index (κ3) is 4.96. The van der Waals surface area contributed by atoms with Gasteiger partial charge in [0.25, 0.3) is 5.69 Å². The van der Waals surface area contributed by atoms with Crippen molar-refractivity contribution in [2.45, 2.75) is 57.9 Å². The molecule has 5 saturated heterocycles. The van der Waals surface area contributed by atoms with Crippen LogP contribution in [0.25, 0.3) is 0 Å². The summed E-state index contributed by atoms with van der Waals surface area (Å²) in [5.41, 5.74) is 1.24. The summed E-state index contributed by atoms with van der Waals surface area (Å²) in [5, 5.41) is 11.3. The molecule has 0 aromatic heterocycles. The van der Waals surface area contributed by atoms with Gasteiger partial charge in [0.05, 0.1) is 4.92 Å². The first-order chi connectivity index (χ1) is 20.0. The predicted octanol–water partition coefficient (Wildman–Crippen LogP) is 6.58. The molecule has 12 nitrogen and oxygen atoms in total. The van der Waals surface area contributed by atoms with Crippen molar-refractivity contribution in [3.63, 3.8) is 0 Å². The molecule has 0 bridgehead atoms. The quantitative estimate of drug-likeness (QED) is 0.191. The summed E-state index contributed by atoms with van der Waals surface area (Å²) in [4.78, 5) is 11.0. The molecule has 5 fully saturated rings. The van der Waals surface area contributed by atoms with E-state index < -0.39 is 22.5 Å². The van der Waals surface area contributed by atoms with Crippen LogP contribution in [0.1, 0.15) is 56.9 Å². The SMILES string of the molecule is CN1CCN(Cc2ccc([N+](=O)[O-])cc2)P12=NP(N1CCCC1)(N1CCCC1)=NP(N1CCCC1)(N1CCCC1)=N2. The van der Waals surface area contributed by atoms with Crippen molar-refractivity contribution in [2.24, 2.45) is 13.5 Å². The van der Waals surface area contributed by atoms with E-state index in [1.54, 1.807) is 12.1 Å². The van der Waals surface area contributed by atoms with Crippen molar-refractivity contribution < 1.29 is 4.92 Å². The highest BCUT2D eigenvalue weighted by molar-refractivity contribution is 7.83. The molecule has 0 saturated carbocycles. The molecule has 226 valence electrons. The van der Waals surface area contributed by atoms with Crippen LogP contribution in [0, 0.1) is 10.1 Å². The van der Waals surface area contributed by atoms with Gasteiger partial charge in [0.1, 0.15) is 0 Å². The molecule has 1 spiro atoms. The van der Waals surface area contributed by atoms with Crippen molar-refractivity contribution in [1.29, 1.82) is 0 Å². The summed E-state index contributed by atoms with van der Waals surface area (Å²) >= 11 is 0. The van der Waals surface area contributed by atoms with E-state index in [2.05, 4.69) is 35.1 Å². The monoisotopic (exact) mass is 622 g/mol. The van der Waals surface area contributed by atoms with Crippen LogP contribution in [0.3, 0.4) is 0 Å². The number of likely N-dealkylation sites (N-methyl/N-ethyl adjacent to an activating group) is 1. The summed E-state index contributed by atoms with van der Waals surface area (Å²) in [6.07, 6.45) is 9.81. The summed E-state index contributed by atoms with van der Waals surface area (Å²) in [7, 11) is -4.94. The number of hydrogen-bond donors (Lipinski definition) is 0. The van der Waals surface area contributed by atoms with E-state index in [0.29, 0.717) is 6.54 Å². The average molecular weight is 623 g/mol. The van der Waals surface area contributed by atoms with Crippen molar-refractivity contribution >= 4 is 28.2 Å². The molecule has 0 aliphatic carbocycles. The minimum Gasteiger partial charge on any atom is -0.258 e. The number of nitro groups is 1. The van der Waals surface area contributed by atoms with Crippen LogP contribution in [-0.2, 0) is 6.54 Å². The lowest BCUT2D eigenvalue weighted by molar-refractivity contribution is -0.384. The Morgan fingerprint density at radius 3 is 1.44 bits per heavy atom. The lowest BCUT2D eigenvalue weighted by atomic mass is 10.2. The van der Waals surface area contributed by atoms with E-state index in [4.69, 9.17) is 13.5 Å². The molecule has 0 radical (unpaired) electrons. The van der Waals surface area contributed by atoms with Gasteiger partial charge in [0, 0.05) is 84.1 Å². The van der Waals surface area contributed by atoms with Gasteiger partial charge in [-0.05, 0) is 64.0 Å². The zero-order chi connectivity index (χ0) is 28.1. The van der Waals surface area contributed by atoms with E-state index in [9.17, 15) is 10.1 Å². The van der Waals surface area contributed by atoms with Gasteiger partial charge in [0.2, 0.25) is 22.5 Å². The molecule has 1 aromatic rings. The van der Waals surface area contributed by atoms with Gasteiger partial charge < -0.3 is 0 Å². The van der Waals surface area contributed by atoms with Gasteiger partial charge in [-0.15, -0.1) is 0 Å². The Morgan fingerprint density at radius 2 is 1.02 bits per heavy atom. The van der Waals surface area contributed by atoms with Crippen LogP contribution in [-0.4, -0.2) is 105 Å².